The summed E-state index contributed by atoms with van der Waals surface area (Å²) in [7, 11) is 0. The summed E-state index contributed by atoms with van der Waals surface area (Å²) in [6.07, 6.45) is 3.49. The van der Waals surface area contributed by atoms with Crippen LogP contribution in [-0.4, -0.2) is 48.4 Å². The lowest BCUT2D eigenvalue weighted by Gasteiger charge is -2.36. The van der Waals surface area contributed by atoms with Crippen LogP contribution in [-0.2, 0) is 14.4 Å². The molecule has 0 bridgehead atoms. The van der Waals surface area contributed by atoms with Crippen LogP contribution < -0.4 is 15.0 Å². The number of amides is 3. The highest BCUT2D eigenvalue weighted by Crippen LogP contribution is 2.37. The molecule has 0 saturated carbocycles. The first kappa shape index (κ1) is 21.1. The summed E-state index contributed by atoms with van der Waals surface area (Å²) in [6.45, 7) is 7.34. The van der Waals surface area contributed by atoms with E-state index in [2.05, 4.69) is 5.32 Å². The minimum atomic E-state index is -0.599. The molecular weight excluding hydrogens is 370 g/mol. The van der Waals surface area contributed by atoms with E-state index in [0.29, 0.717) is 30.0 Å². The van der Waals surface area contributed by atoms with E-state index in [0.717, 1.165) is 32.4 Å². The zero-order valence-corrected chi connectivity index (χ0v) is 17.6. The summed E-state index contributed by atoms with van der Waals surface area (Å²) in [6, 6.07) is 5.25. The molecule has 1 fully saturated rings. The van der Waals surface area contributed by atoms with Gasteiger partial charge in [-0.3, -0.25) is 19.3 Å². The number of hydrogen-bond donors (Lipinski definition) is 1. The van der Waals surface area contributed by atoms with Crippen molar-refractivity contribution >= 4 is 29.1 Å². The maximum absolute atomic E-state index is 13.0. The molecule has 0 spiro atoms. The second kappa shape index (κ2) is 9.29. The highest BCUT2D eigenvalue weighted by molar-refractivity contribution is 6.04. The monoisotopic (exact) mass is 401 g/mol. The zero-order valence-electron chi connectivity index (χ0n) is 17.6. The average Bonchev–Trinajstić information content (AvgIpc) is 2.70. The van der Waals surface area contributed by atoms with E-state index in [4.69, 9.17) is 4.74 Å². The van der Waals surface area contributed by atoms with Crippen LogP contribution in [0, 0.1) is 5.92 Å². The molecule has 1 aromatic carbocycles. The maximum Gasteiger partial charge on any atom is 0.268 e. The average molecular weight is 402 g/mol. The highest BCUT2D eigenvalue weighted by Gasteiger charge is 2.35. The van der Waals surface area contributed by atoms with Gasteiger partial charge >= 0.3 is 0 Å². The van der Waals surface area contributed by atoms with Crippen molar-refractivity contribution in [2.24, 2.45) is 5.92 Å². The van der Waals surface area contributed by atoms with Gasteiger partial charge in [0.2, 0.25) is 11.8 Å². The van der Waals surface area contributed by atoms with Crippen molar-refractivity contribution < 1.29 is 19.1 Å². The molecule has 158 valence electrons. The quantitative estimate of drug-likeness (QED) is 0.794. The number of nitrogens with zero attached hydrogens (tertiary/aromatic N) is 2. The van der Waals surface area contributed by atoms with E-state index in [1.807, 2.05) is 25.7 Å². The lowest BCUT2D eigenvalue weighted by atomic mass is 10.1. The lowest BCUT2D eigenvalue weighted by molar-refractivity contribution is -0.134. The van der Waals surface area contributed by atoms with Crippen LogP contribution in [0.1, 0.15) is 52.9 Å². The third-order valence-corrected chi connectivity index (χ3v) is 5.31. The predicted octanol–water partition coefficient (Wildman–Crippen LogP) is 3.19. The number of hydrogen-bond acceptors (Lipinski definition) is 4. The van der Waals surface area contributed by atoms with Gasteiger partial charge in [0.1, 0.15) is 12.3 Å². The molecule has 2 aliphatic heterocycles. The number of likely N-dealkylation sites (tertiary alicyclic amines) is 1. The Morgan fingerprint density at radius 3 is 2.59 bits per heavy atom. The zero-order chi connectivity index (χ0) is 21.0. The number of nitrogens with one attached hydrogen (secondary N) is 1. The van der Waals surface area contributed by atoms with E-state index in [-0.39, 0.29) is 30.2 Å². The number of fused-ring (bicyclic) bond motifs is 1. The Hall–Kier alpha value is -2.57. The third-order valence-electron chi connectivity index (χ3n) is 5.31. The van der Waals surface area contributed by atoms with Gasteiger partial charge in [-0.2, -0.15) is 0 Å². The van der Waals surface area contributed by atoms with Crippen molar-refractivity contribution in [1.82, 2.24) is 4.90 Å². The summed E-state index contributed by atoms with van der Waals surface area (Å²) in [5, 5.41) is 2.87. The Labute approximate surface area is 172 Å². The number of ether oxygens (including phenoxy) is 1. The molecule has 0 radical (unpaired) electrons. The van der Waals surface area contributed by atoms with Gasteiger partial charge in [0, 0.05) is 25.2 Å². The first-order chi connectivity index (χ1) is 13.9. The van der Waals surface area contributed by atoms with Crippen LogP contribution in [0.3, 0.4) is 0 Å². The van der Waals surface area contributed by atoms with Crippen molar-refractivity contribution in [3.63, 3.8) is 0 Å². The number of carbonyl (C=O) groups is 3. The first-order valence-electron chi connectivity index (χ1n) is 10.6. The van der Waals surface area contributed by atoms with Crippen molar-refractivity contribution in [3.8, 4) is 5.75 Å². The summed E-state index contributed by atoms with van der Waals surface area (Å²) in [4.78, 5) is 41.3. The molecule has 7 nitrogen and oxygen atoms in total. The molecule has 1 N–H and O–H groups in total. The maximum atomic E-state index is 13.0. The van der Waals surface area contributed by atoms with Crippen LogP contribution >= 0.6 is 0 Å². The number of piperidine rings is 1. The topological polar surface area (TPSA) is 79.0 Å². The predicted molar refractivity (Wildman–Crippen MR) is 112 cm³/mol. The molecule has 2 aliphatic rings. The van der Waals surface area contributed by atoms with Gasteiger partial charge in [0.15, 0.2) is 6.10 Å². The molecule has 0 aromatic heterocycles. The Balaban J connectivity index is 1.83. The molecular formula is C22H31N3O4. The lowest BCUT2D eigenvalue weighted by Crippen LogP contribution is -2.51. The molecule has 1 unspecified atom stereocenters. The molecule has 1 atom stereocenters. The Bertz CT molecular complexity index is 771. The number of benzene rings is 1. The standard InChI is InChI=1S/C22H31N3O4/c1-4-18-22(28)25(14-21(27)24-10-6-5-7-11-24)17-13-16(8-9-19(17)29-18)23-20(26)12-15(2)3/h8-9,13,15,18H,4-7,10-12,14H2,1-3H3,(H,23,26). The van der Waals surface area contributed by atoms with E-state index < -0.39 is 6.10 Å². The molecule has 7 heteroatoms. The smallest absolute Gasteiger partial charge is 0.268 e. The van der Waals surface area contributed by atoms with Gasteiger partial charge in [-0.05, 0) is 49.8 Å². The van der Waals surface area contributed by atoms with E-state index in [9.17, 15) is 14.4 Å². The Kier molecular flexibility index (Phi) is 6.77. The number of carbonyl (C=O) groups excluding carboxylic acids is 3. The molecule has 1 saturated heterocycles. The van der Waals surface area contributed by atoms with E-state index in [1.54, 1.807) is 18.2 Å². The fraction of sp³-hybridized carbons (Fsp3) is 0.591. The largest absolute Gasteiger partial charge is 0.478 e. The van der Waals surface area contributed by atoms with Gasteiger partial charge in [-0.25, -0.2) is 0 Å². The van der Waals surface area contributed by atoms with Crippen molar-refractivity contribution in [3.05, 3.63) is 18.2 Å². The normalized spacial score (nSPS) is 19.0. The van der Waals surface area contributed by atoms with E-state index >= 15 is 0 Å². The third kappa shape index (κ3) is 5.08. The fourth-order valence-corrected chi connectivity index (χ4v) is 3.78. The van der Waals surface area contributed by atoms with Crippen molar-refractivity contribution in [2.75, 3.05) is 29.9 Å². The number of rotatable bonds is 6. The van der Waals surface area contributed by atoms with Gasteiger partial charge in [-0.15, -0.1) is 0 Å². The minimum absolute atomic E-state index is 0.00487. The SMILES string of the molecule is CCC1Oc2ccc(NC(=O)CC(C)C)cc2N(CC(=O)N2CCCCC2)C1=O. The highest BCUT2D eigenvalue weighted by atomic mass is 16.5. The van der Waals surface area contributed by atoms with E-state index in [1.165, 1.54) is 4.90 Å². The Morgan fingerprint density at radius 2 is 1.93 bits per heavy atom. The molecule has 0 aliphatic carbocycles. The second-order valence-corrected chi connectivity index (χ2v) is 8.21. The first-order valence-corrected chi connectivity index (χ1v) is 10.6. The van der Waals surface area contributed by atoms with Gasteiger partial charge in [-0.1, -0.05) is 20.8 Å². The number of anilines is 2. The van der Waals surface area contributed by atoms with Gasteiger partial charge < -0.3 is 15.0 Å². The van der Waals surface area contributed by atoms with Crippen LogP contribution in [0.2, 0.25) is 0 Å². The summed E-state index contributed by atoms with van der Waals surface area (Å²) in [5.74, 6) is 0.475. The molecule has 1 aromatic rings. The summed E-state index contributed by atoms with van der Waals surface area (Å²) < 4.78 is 5.85. The Morgan fingerprint density at radius 1 is 1.21 bits per heavy atom. The van der Waals surface area contributed by atoms with Crippen molar-refractivity contribution in [2.45, 2.75) is 59.0 Å². The van der Waals surface area contributed by atoms with Crippen molar-refractivity contribution in [1.29, 1.82) is 0 Å². The van der Waals surface area contributed by atoms with Crippen LogP contribution in [0.15, 0.2) is 18.2 Å². The molecule has 3 amide bonds. The van der Waals surface area contributed by atoms with Crippen LogP contribution in [0.4, 0.5) is 11.4 Å². The molecule has 29 heavy (non-hydrogen) atoms. The van der Waals surface area contributed by atoms with Crippen LogP contribution in [0.5, 0.6) is 5.75 Å². The fourth-order valence-electron chi connectivity index (χ4n) is 3.78. The van der Waals surface area contributed by atoms with Crippen LogP contribution in [0.25, 0.3) is 0 Å². The van der Waals surface area contributed by atoms with Gasteiger partial charge in [0.05, 0.1) is 5.69 Å². The summed E-state index contributed by atoms with van der Waals surface area (Å²) >= 11 is 0. The second-order valence-electron chi connectivity index (χ2n) is 8.21. The summed E-state index contributed by atoms with van der Waals surface area (Å²) in [5.41, 5.74) is 1.13. The van der Waals surface area contributed by atoms with Gasteiger partial charge in [0.25, 0.3) is 5.91 Å². The molecule has 3 rings (SSSR count). The molecule has 2 heterocycles. The minimum Gasteiger partial charge on any atom is -0.478 e.